The standard InChI is InChI=1S/C25H27ClN2O4.C25H25ClN2O4/c2*1-4-30-25(29)20-12-17(13-20)11-16-5-7-18(8-6-16)24-27-23(28-32-24)19-9-10-22(21(26)14-19)31-15(2)3/h5-10,14-15,17,20H,4,11-13H2,1-3H3;5-11,14-15,20H,4,12-13H2,1-3H3. The zero-order valence-electron chi connectivity index (χ0n) is 36.8. The van der Waals surface area contributed by atoms with Gasteiger partial charge in [-0.2, -0.15) is 9.97 Å². The second-order valence-corrected chi connectivity index (χ2v) is 17.3. The van der Waals surface area contributed by atoms with Gasteiger partial charge in [0, 0.05) is 22.3 Å². The van der Waals surface area contributed by atoms with Gasteiger partial charge in [-0.3, -0.25) is 9.59 Å². The molecule has 64 heavy (non-hydrogen) atoms. The minimum Gasteiger partial charge on any atom is -0.489 e. The molecule has 0 amide bonds. The molecular formula is C50H52Cl2N4O8. The second kappa shape index (κ2) is 21.1. The molecule has 0 aliphatic heterocycles. The van der Waals surface area contributed by atoms with Crippen molar-refractivity contribution in [1.82, 2.24) is 20.3 Å². The molecule has 0 spiro atoms. The number of nitrogens with zero attached hydrogens (tertiary/aromatic N) is 4. The van der Waals surface area contributed by atoms with Crippen molar-refractivity contribution in [2.75, 3.05) is 13.2 Å². The summed E-state index contributed by atoms with van der Waals surface area (Å²) in [6.45, 7) is 12.3. The molecule has 0 unspecified atom stereocenters. The van der Waals surface area contributed by atoms with Crippen LogP contribution in [0.5, 0.6) is 11.5 Å². The predicted molar refractivity (Wildman–Crippen MR) is 246 cm³/mol. The van der Waals surface area contributed by atoms with Gasteiger partial charge < -0.3 is 28.0 Å². The molecule has 0 radical (unpaired) electrons. The van der Waals surface area contributed by atoms with Gasteiger partial charge in [0.2, 0.25) is 11.6 Å². The van der Waals surface area contributed by atoms with E-state index < -0.39 is 0 Å². The summed E-state index contributed by atoms with van der Waals surface area (Å²) in [6.07, 6.45) is 6.47. The minimum atomic E-state index is -0.101. The van der Waals surface area contributed by atoms with E-state index in [2.05, 4.69) is 38.5 Å². The van der Waals surface area contributed by atoms with Gasteiger partial charge in [-0.25, -0.2) is 0 Å². The predicted octanol–water partition coefficient (Wildman–Crippen LogP) is 12.2. The summed E-state index contributed by atoms with van der Waals surface area (Å²) in [4.78, 5) is 32.5. The van der Waals surface area contributed by atoms with E-state index >= 15 is 0 Å². The lowest BCUT2D eigenvalue weighted by Gasteiger charge is -2.33. The summed E-state index contributed by atoms with van der Waals surface area (Å²) in [6, 6.07) is 26.9. The number of esters is 2. The van der Waals surface area contributed by atoms with Crippen molar-refractivity contribution in [3.05, 3.63) is 112 Å². The van der Waals surface area contributed by atoms with Crippen molar-refractivity contribution in [2.45, 2.75) is 85.9 Å². The van der Waals surface area contributed by atoms with E-state index in [1.54, 1.807) is 12.1 Å². The maximum atomic E-state index is 11.7. The van der Waals surface area contributed by atoms with Gasteiger partial charge in [-0.15, -0.1) is 0 Å². The first-order chi connectivity index (χ1) is 30.8. The average Bonchev–Trinajstić information content (AvgIpc) is 3.94. The Kier molecular flexibility index (Phi) is 15.2. The van der Waals surface area contributed by atoms with Gasteiger partial charge in [0.25, 0.3) is 11.8 Å². The maximum Gasteiger partial charge on any atom is 0.309 e. The van der Waals surface area contributed by atoms with Crippen LogP contribution in [0.3, 0.4) is 0 Å². The van der Waals surface area contributed by atoms with E-state index in [0.717, 1.165) is 59.9 Å². The molecule has 6 aromatic rings. The van der Waals surface area contributed by atoms with Gasteiger partial charge in [0.1, 0.15) is 11.5 Å². The van der Waals surface area contributed by atoms with Crippen LogP contribution in [0.2, 0.25) is 10.0 Å². The Morgan fingerprint density at radius 2 is 1.11 bits per heavy atom. The Hall–Kier alpha value is -5.98. The van der Waals surface area contributed by atoms with Crippen molar-refractivity contribution < 1.29 is 37.6 Å². The first-order valence-corrected chi connectivity index (χ1v) is 22.4. The second-order valence-electron chi connectivity index (χ2n) is 16.4. The number of carbonyl (C=O) groups excluding carboxylic acids is 2. The molecule has 12 nitrogen and oxygen atoms in total. The number of hydrogen-bond acceptors (Lipinski definition) is 12. The Morgan fingerprint density at radius 3 is 1.56 bits per heavy atom. The summed E-state index contributed by atoms with van der Waals surface area (Å²) < 4.78 is 32.4. The molecule has 14 heteroatoms. The highest BCUT2D eigenvalue weighted by molar-refractivity contribution is 6.32. The number of halogens is 2. The lowest BCUT2D eigenvalue weighted by atomic mass is 9.72. The molecule has 2 aliphatic carbocycles. The third kappa shape index (κ3) is 11.8. The van der Waals surface area contributed by atoms with E-state index in [1.165, 1.54) is 11.1 Å². The molecule has 2 aliphatic rings. The van der Waals surface area contributed by atoms with Crippen LogP contribution in [0.1, 0.15) is 78.4 Å². The molecule has 2 fully saturated rings. The van der Waals surface area contributed by atoms with Crippen LogP contribution in [0.15, 0.2) is 99.5 Å². The SMILES string of the molecule is CCOC(=O)C1CC(=Cc2ccc(-c3nc(-c4ccc(OC(C)C)c(Cl)c4)no3)cc2)C1.CCOC(=O)C1CC(Cc2ccc(-c3nc(-c4ccc(OC(C)C)c(Cl)c4)no3)cc2)C1. The monoisotopic (exact) mass is 906 g/mol. The number of ether oxygens (including phenoxy) is 4. The number of hydrogen-bond donors (Lipinski definition) is 0. The van der Waals surface area contributed by atoms with E-state index in [1.807, 2.05) is 102 Å². The molecular weight excluding hydrogens is 855 g/mol. The largest absolute Gasteiger partial charge is 0.489 e. The van der Waals surface area contributed by atoms with Crippen molar-refractivity contribution in [3.8, 4) is 57.2 Å². The van der Waals surface area contributed by atoms with Crippen LogP contribution in [-0.2, 0) is 25.5 Å². The molecule has 4 aromatic carbocycles. The van der Waals surface area contributed by atoms with E-state index in [4.69, 9.17) is 51.2 Å². The topological polar surface area (TPSA) is 149 Å². The van der Waals surface area contributed by atoms with Crippen molar-refractivity contribution >= 4 is 41.2 Å². The molecule has 0 atom stereocenters. The van der Waals surface area contributed by atoms with Gasteiger partial charge in [-0.1, -0.05) is 69.4 Å². The summed E-state index contributed by atoms with van der Waals surface area (Å²) in [5.74, 6) is 3.50. The van der Waals surface area contributed by atoms with Crippen molar-refractivity contribution in [3.63, 3.8) is 0 Å². The molecule has 2 saturated carbocycles. The summed E-state index contributed by atoms with van der Waals surface area (Å²) in [5, 5.41) is 9.19. The first-order valence-electron chi connectivity index (χ1n) is 21.7. The lowest BCUT2D eigenvalue weighted by molar-refractivity contribution is -0.152. The van der Waals surface area contributed by atoms with Gasteiger partial charge in [0.05, 0.1) is 47.3 Å². The molecule has 334 valence electrons. The number of benzene rings is 4. The fraction of sp³-hybridized carbons (Fsp3) is 0.360. The Labute approximate surface area is 383 Å². The van der Waals surface area contributed by atoms with Crippen LogP contribution >= 0.6 is 23.2 Å². The quantitative estimate of drug-likeness (QED) is 0.0903. The van der Waals surface area contributed by atoms with Crippen LogP contribution in [0.25, 0.3) is 51.8 Å². The Bertz CT molecular complexity index is 2550. The van der Waals surface area contributed by atoms with E-state index in [-0.39, 0.29) is 36.0 Å². The van der Waals surface area contributed by atoms with Crippen LogP contribution in [0.4, 0.5) is 0 Å². The summed E-state index contributed by atoms with van der Waals surface area (Å²) in [5.41, 5.74) is 6.75. The fourth-order valence-corrected chi connectivity index (χ4v) is 7.89. The fourth-order valence-electron chi connectivity index (χ4n) is 7.44. The molecule has 8 rings (SSSR count). The van der Waals surface area contributed by atoms with Crippen LogP contribution in [0, 0.1) is 17.8 Å². The minimum absolute atomic E-state index is 0.00297. The smallest absolute Gasteiger partial charge is 0.309 e. The summed E-state index contributed by atoms with van der Waals surface area (Å²) in [7, 11) is 0. The van der Waals surface area contributed by atoms with E-state index in [9.17, 15) is 9.59 Å². The number of aromatic nitrogens is 4. The van der Waals surface area contributed by atoms with Gasteiger partial charge in [-0.05, 0) is 151 Å². The van der Waals surface area contributed by atoms with Crippen molar-refractivity contribution in [2.24, 2.45) is 17.8 Å². The zero-order valence-corrected chi connectivity index (χ0v) is 38.3. The molecule has 0 N–H and O–H groups in total. The highest BCUT2D eigenvalue weighted by Gasteiger charge is 2.35. The van der Waals surface area contributed by atoms with Crippen LogP contribution < -0.4 is 9.47 Å². The zero-order chi connectivity index (χ0) is 45.3. The average molecular weight is 908 g/mol. The lowest BCUT2D eigenvalue weighted by Crippen LogP contribution is -2.33. The molecule has 0 saturated heterocycles. The molecule has 2 aromatic heterocycles. The normalized spacial score (nSPS) is 16.6. The number of rotatable bonds is 15. The molecule has 0 bridgehead atoms. The van der Waals surface area contributed by atoms with Gasteiger partial charge in [0.15, 0.2) is 0 Å². The van der Waals surface area contributed by atoms with Crippen molar-refractivity contribution in [1.29, 1.82) is 0 Å². The highest BCUT2D eigenvalue weighted by atomic mass is 35.5. The summed E-state index contributed by atoms with van der Waals surface area (Å²) >= 11 is 12.7. The Morgan fingerprint density at radius 1 is 0.656 bits per heavy atom. The van der Waals surface area contributed by atoms with Crippen LogP contribution in [-0.4, -0.2) is 57.6 Å². The van der Waals surface area contributed by atoms with Gasteiger partial charge >= 0.3 is 11.9 Å². The molecule has 2 heterocycles. The number of carbonyl (C=O) groups is 2. The third-order valence-electron chi connectivity index (χ3n) is 10.7. The highest BCUT2D eigenvalue weighted by Crippen LogP contribution is 2.38. The maximum absolute atomic E-state index is 11.7. The Balaban J connectivity index is 0.000000191. The third-order valence-corrected chi connectivity index (χ3v) is 11.3. The number of allylic oxidation sites excluding steroid dienone is 1. The first kappa shape index (κ1) is 46.0. The van der Waals surface area contributed by atoms with E-state index in [0.29, 0.717) is 64.1 Å².